The van der Waals surface area contributed by atoms with Crippen molar-refractivity contribution in [1.29, 1.82) is 0 Å². The fourth-order valence-corrected chi connectivity index (χ4v) is 1.58. The quantitative estimate of drug-likeness (QED) is 0.432. The van der Waals surface area contributed by atoms with Crippen LogP contribution >= 0.6 is 11.6 Å². The zero-order valence-corrected chi connectivity index (χ0v) is 7.84. The molecule has 0 amide bonds. The fraction of sp³-hybridized carbons (Fsp3) is 0.222. The molecule has 0 radical (unpaired) electrons. The van der Waals surface area contributed by atoms with Crippen LogP contribution in [-0.4, -0.2) is 4.57 Å². The Morgan fingerprint density at radius 1 is 1.42 bits per heavy atom. The highest BCUT2D eigenvalue weighted by molar-refractivity contribution is 6.33. The standard InChI is InChI=1S/C9H10ClN2/c1-11-5-3-7-8(11)4-6-12(2)9(7)10/h3-6H,1-2H3/q+1. The maximum Gasteiger partial charge on any atom is 0.284 e. The molecule has 0 aromatic carbocycles. The molecule has 2 aromatic heterocycles. The first kappa shape index (κ1) is 7.62. The summed E-state index contributed by atoms with van der Waals surface area (Å²) >= 11 is 6.09. The minimum atomic E-state index is 0.785. The molecule has 0 fully saturated rings. The van der Waals surface area contributed by atoms with E-state index in [1.807, 2.05) is 37.1 Å². The summed E-state index contributed by atoms with van der Waals surface area (Å²) in [5, 5.41) is 1.89. The molecule has 0 atom stereocenters. The van der Waals surface area contributed by atoms with Gasteiger partial charge in [-0.1, -0.05) is 0 Å². The molecule has 0 aliphatic carbocycles. The molecule has 0 aliphatic heterocycles. The van der Waals surface area contributed by atoms with Crippen molar-refractivity contribution in [3.63, 3.8) is 0 Å². The predicted octanol–water partition coefficient (Wildman–Crippen LogP) is 1.66. The largest absolute Gasteiger partial charge is 0.350 e. The van der Waals surface area contributed by atoms with Gasteiger partial charge in [0.15, 0.2) is 6.20 Å². The van der Waals surface area contributed by atoms with Crippen LogP contribution in [0.5, 0.6) is 0 Å². The summed E-state index contributed by atoms with van der Waals surface area (Å²) in [5.41, 5.74) is 1.16. The van der Waals surface area contributed by atoms with Crippen LogP contribution in [0, 0.1) is 0 Å². The van der Waals surface area contributed by atoms with E-state index in [1.54, 1.807) is 0 Å². The number of pyridine rings is 1. The SMILES string of the molecule is Cn1ccc2c(Cl)[n+](C)ccc21. The molecule has 0 N–H and O–H groups in total. The Morgan fingerprint density at radius 3 is 2.92 bits per heavy atom. The van der Waals surface area contributed by atoms with Gasteiger partial charge in [0.25, 0.3) is 5.15 Å². The Labute approximate surface area is 76.0 Å². The lowest BCUT2D eigenvalue weighted by molar-refractivity contribution is -0.667. The maximum atomic E-state index is 6.09. The molecular formula is C9H10ClN2+. The Bertz CT molecular complexity index is 431. The lowest BCUT2D eigenvalue weighted by Crippen LogP contribution is -2.28. The Kier molecular flexibility index (Phi) is 1.58. The van der Waals surface area contributed by atoms with Gasteiger partial charge in [0, 0.05) is 19.3 Å². The number of hydrogen-bond donors (Lipinski definition) is 0. The number of aromatic nitrogens is 2. The highest BCUT2D eigenvalue weighted by Gasteiger charge is 2.10. The van der Waals surface area contributed by atoms with Gasteiger partial charge in [-0.25, -0.2) is 0 Å². The first-order valence-electron chi connectivity index (χ1n) is 3.79. The topological polar surface area (TPSA) is 8.81 Å². The van der Waals surface area contributed by atoms with Crippen molar-refractivity contribution in [1.82, 2.24) is 4.57 Å². The lowest BCUT2D eigenvalue weighted by atomic mass is 10.3. The molecule has 0 saturated heterocycles. The van der Waals surface area contributed by atoms with Gasteiger partial charge in [-0.2, -0.15) is 4.57 Å². The molecule has 0 bridgehead atoms. The van der Waals surface area contributed by atoms with Gasteiger partial charge in [0.2, 0.25) is 0 Å². The zero-order chi connectivity index (χ0) is 8.72. The van der Waals surface area contributed by atoms with E-state index >= 15 is 0 Å². The molecule has 2 aromatic rings. The smallest absolute Gasteiger partial charge is 0.284 e. The van der Waals surface area contributed by atoms with Crippen molar-refractivity contribution in [2.45, 2.75) is 0 Å². The third kappa shape index (κ3) is 0.916. The molecule has 0 unspecified atom stereocenters. The molecule has 0 saturated carbocycles. The van der Waals surface area contributed by atoms with E-state index in [9.17, 15) is 0 Å². The van der Waals surface area contributed by atoms with Crippen molar-refractivity contribution < 1.29 is 4.57 Å². The molecular weight excluding hydrogens is 172 g/mol. The van der Waals surface area contributed by atoms with Gasteiger partial charge in [0.1, 0.15) is 7.05 Å². The van der Waals surface area contributed by atoms with E-state index in [0.717, 1.165) is 16.1 Å². The summed E-state index contributed by atoms with van der Waals surface area (Å²) in [7, 11) is 3.95. The summed E-state index contributed by atoms with van der Waals surface area (Å²) in [6, 6.07) is 4.08. The van der Waals surface area contributed by atoms with Gasteiger partial charge in [-0.05, 0) is 17.7 Å². The van der Waals surface area contributed by atoms with Crippen LogP contribution in [0.4, 0.5) is 0 Å². The average molecular weight is 182 g/mol. The third-order valence-corrected chi connectivity index (χ3v) is 2.58. The lowest BCUT2D eigenvalue weighted by Gasteiger charge is -1.95. The predicted molar refractivity (Wildman–Crippen MR) is 49.1 cm³/mol. The Hall–Kier alpha value is -1.02. The second kappa shape index (κ2) is 2.49. The number of hydrogen-bond acceptors (Lipinski definition) is 0. The first-order valence-corrected chi connectivity index (χ1v) is 4.17. The average Bonchev–Trinajstić information content (AvgIpc) is 2.41. The van der Waals surface area contributed by atoms with Crippen molar-refractivity contribution in [2.75, 3.05) is 0 Å². The Morgan fingerprint density at radius 2 is 2.17 bits per heavy atom. The van der Waals surface area contributed by atoms with Crippen molar-refractivity contribution in [2.24, 2.45) is 14.1 Å². The second-order valence-corrected chi connectivity index (χ2v) is 3.30. The van der Waals surface area contributed by atoms with Gasteiger partial charge < -0.3 is 4.57 Å². The Balaban J connectivity index is 2.93. The third-order valence-electron chi connectivity index (χ3n) is 2.11. The van der Waals surface area contributed by atoms with Crippen molar-refractivity contribution in [3.8, 4) is 0 Å². The molecule has 0 aliphatic rings. The summed E-state index contributed by atoms with van der Waals surface area (Å²) in [5.74, 6) is 0. The molecule has 12 heavy (non-hydrogen) atoms. The molecule has 2 heterocycles. The molecule has 62 valence electrons. The summed E-state index contributed by atoms with van der Waals surface area (Å²) in [6.45, 7) is 0. The van der Waals surface area contributed by atoms with E-state index in [-0.39, 0.29) is 0 Å². The molecule has 0 spiro atoms. The maximum absolute atomic E-state index is 6.09. The minimum Gasteiger partial charge on any atom is -0.350 e. The fourth-order valence-electron chi connectivity index (χ4n) is 1.36. The van der Waals surface area contributed by atoms with Gasteiger partial charge in [-0.15, -0.1) is 0 Å². The van der Waals surface area contributed by atoms with Gasteiger partial charge in [-0.3, -0.25) is 0 Å². The molecule has 2 rings (SSSR count). The van der Waals surface area contributed by atoms with Crippen LogP contribution in [0.25, 0.3) is 10.9 Å². The van der Waals surface area contributed by atoms with Crippen molar-refractivity contribution >= 4 is 22.5 Å². The van der Waals surface area contributed by atoms with Crippen LogP contribution < -0.4 is 4.57 Å². The highest BCUT2D eigenvalue weighted by atomic mass is 35.5. The number of rotatable bonds is 0. The normalized spacial score (nSPS) is 10.9. The van der Waals surface area contributed by atoms with Gasteiger partial charge in [0.05, 0.1) is 10.9 Å². The number of nitrogens with zero attached hydrogens (tertiary/aromatic N) is 2. The highest BCUT2D eigenvalue weighted by Crippen LogP contribution is 2.19. The molecule has 3 heteroatoms. The summed E-state index contributed by atoms with van der Waals surface area (Å²) in [4.78, 5) is 0. The van der Waals surface area contributed by atoms with E-state index in [1.165, 1.54) is 0 Å². The number of halogens is 1. The van der Waals surface area contributed by atoms with Crippen LogP contribution in [0.15, 0.2) is 24.5 Å². The summed E-state index contributed by atoms with van der Waals surface area (Å²) in [6.07, 6.45) is 3.97. The van der Waals surface area contributed by atoms with E-state index in [2.05, 4.69) is 10.6 Å². The number of aryl methyl sites for hydroxylation is 2. The minimum absolute atomic E-state index is 0.785. The first-order chi connectivity index (χ1) is 5.70. The van der Waals surface area contributed by atoms with Gasteiger partial charge >= 0.3 is 0 Å². The summed E-state index contributed by atoms with van der Waals surface area (Å²) < 4.78 is 3.96. The van der Waals surface area contributed by atoms with E-state index in [0.29, 0.717) is 0 Å². The van der Waals surface area contributed by atoms with Crippen LogP contribution in [0.3, 0.4) is 0 Å². The monoisotopic (exact) mass is 181 g/mol. The zero-order valence-electron chi connectivity index (χ0n) is 7.08. The van der Waals surface area contributed by atoms with E-state index in [4.69, 9.17) is 11.6 Å². The second-order valence-electron chi connectivity index (χ2n) is 2.94. The van der Waals surface area contributed by atoms with Crippen LogP contribution in [0.2, 0.25) is 5.15 Å². The van der Waals surface area contributed by atoms with Crippen molar-refractivity contribution in [3.05, 3.63) is 29.7 Å². The van der Waals surface area contributed by atoms with Crippen LogP contribution in [0.1, 0.15) is 0 Å². The number of fused-ring (bicyclic) bond motifs is 1. The van der Waals surface area contributed by atoms with Crippen LogP contribution in [-0.2, 0) is 14.1 Å². The molecule has 2 nitrogen and oxygen atoms in total. The van der Waals surface area contributed by atoms with E-state index < -0.39 is 0 Å².